The number of hydrogen-bond acceptors (Lipinski definition) is 6. The van der Waals surface area contributed by atoms with Gasteiger partial charge in [-0.3, -0.25) is 10.1 Å². The normalized spacial score (nSPS) is 13.4. The third-order valence-electron chi connectivity index (χ3n) is 3.05. The van der Waals surface area contributed by atoms with E-state index < -0.39 is 11.0 Å². The van der Waals surface area contributed by atoms with Crippen LogP contribution in [0.5, 0.6) is 11.5 Å². The molecular weight excluding hydrogens is 326 g/mol. The van der Waals surface area contributed by atoms with Gasteiger partial charge in [0.15, 0.2) is 6.73 Å². The van der Waals surface area contributed by atoms with Gasteiger partial charge in [0.05, 0.1) is 4.92 Å². The van der Waals surface area contributed by atoms with Crippen LogP contribution in [0.4, 0.5) is 16.2 Å². The SMILES string of the molecule is O=C1NN(c2cccc([N+](=O)[O-])c2Oc2ccc(Cl)cc2)CO1. The maximum Gasteiger partial charge on any atom is 0.428 e. The summed E-state index contributed by atoms with van der Waals surface area (Å²) < 4.78 is 10.4. The van der Waals surface area contributed by atoms with E-state index in [0.29, 0.717) is 16.5 Å². The van der Waals surface area contributed by atoms with Gasteiger partial charge in [0.2, 0.25) is 5.75 Å². The Balaban J connectivity index is 2.02. The third kappa shape index (κ3) is 3.11. The maximum atomic E-state index is 11.3. The lowest BCUT2D eigenvalue weighted by Crippen LogP contribution is -2.32. The zero-order valence-corrected chi connectivity index (χ0v) is 12.3. The van der Waals surface area contributed by atoms with Crippen molar-refractivity contribution in [3.63, 3.8) is 0 Å². The summed E-state index contributed by atoms with van der Waals surface area (Å²) in [5.41, 5.74) is 2.49. The quantitative estimate of drug-likeness (QED) is 0.679. The average Bonchev–Trinajstić information content (AvgIpc) is 2.96. The molecule has 2 aromatic carbocycles. The molecule has 0 aromatic heterocycles. The van der Waals surface area contributed by atoms with Crippen LogP contribution in [0.2, 0.25) is 5.02 Å². The van der Waals surface area contributed by atoms with Crippen molar-refractivity contribution >= 4 is 29.1 Å². The minimum absolute atomic E-state index is 0.00868. The van der Waals surface area contributed by atoms with Crippen molar-refractivity contribution in [2.75, 3.05) is 11.7 Å². The molecule has 0 spiro atoms. The van der Waals surface area contributed by atoms with Gasteiger partial charge in [-0.25, -0.2) is 15.2 Å². The van der Waals surface area contributed by atoms with Crippen LogP contribution in [0.1, 0.15) is 0 Å². The van der Waals surface area contributed by atoms with E-state index in [1.807, 2.05) is 0 Å². The number of rotatable bonds is 4. The first-order valence-electron chi connectivity index (χ1n) is 6.46. The van der Waals surface area contributed by atoms with Crippen molar-refractivity contribution in [2.45, 2.75) is 0 Å². The van der Waals surface area contributed by atoms with Crippen LogP contribution >= 0.6 is 11.6 Å². The molecule has 118 valence electrons. The molecule has 8 nitrogen and oxygen atoms in total. The lowest BCUT2D eigenvalue weighted by molar-refractivity contribution is -0.385. The molecule has 23 heavy (non-hydrogen) atoms. The summed E-state index contributed by atoms with van der Waals surface area (Å²) in [6, 6.07) is 10.8. The number of anilines is 1. The Morgan fingerprint density at radius 2 is 2.00 bits per heavy atom. The first-order chi connectivity index (χ1) is 11.0. The monoisotopic (exact) mass is 335 g/mol. The smallest absolute Gasteiger partial charge is 0.428 e. The topological polar surface area (TPSA) is 93.9 Å². The minimum Gasteiger partial charge on any atom is -0.448 e. The predicted octanol–water partition coefficient (Wildman–Crippen LogP) is 3.46. The fourth-order valence-corrected chi connectivity index (χ4v) is 2.15. The van der Waals surface area contributed by atoms with Gasteiger partial charge in [0.1, 0.15) is 11.4 Å². The van der Waals surface area contributed by atoms with E-state index in [4.69, 9.17) is 21.1 Å². The molecule has 9 heteroatoms. The number of nitro groups is 1. The Labute approximate surface area is 135 Å². The highest BCUT2D eigenvalue weighted by Crippen LogP contribution is 2.40. The second-order valence-electron chi connectivity index (χ2n) is 4.54. The van der Waals surface area contributed by atoms with Crippen LogP contribution < -0.4 is 15.2 Å². The second kappa shape index (κ2) is 6.01. The number of para-hydroxylation sites is 1. The number of hydrogen-bond donors (Lipinski definition) is 1. The van der Waals surface area contributed by atoms with Gasteiger partial charge < -0.3 is 9.47 Å². The highest BCUT2D eigenvalue weighted by molar-refractivity contribution is 6.30. The number of cyclic esters (lactones) is 1. The van der Waals surface area contributed by atoms with E-state index in [2.05, 4.69) is 5.43 Å². The fraction of sp³-hybridized carbons (Fsp3) is 0.0714. The molecule has 1 N–H and O–H groups in total. The van der Waals surface area contributed by atoms with Crippen molar-refractivity contribution < 1.29 is 19.2 Å². The molecule has 1 fully saturated rings. The Kier molecular flexibility index (Phi) is 3.90. The number of hydrazine groups is 1. The standard InChI is InChI=1S/C14H10ClN3O5/c15-9-4-6-10(7-5-9)23-13-11(17-8-22-14(19)16-17)2-1-3-12(13)18(20)21/h1-7H,8H2,(H,16,19). The molecule has 1 heterocycles. The number of amides is 1. The number of carbonyl (C=O) groups is 1. The van der Waals surface area contributed by atoms with Gasteiger partial charge >= 0.3 is 11.8 Å². The Morgan fingerprint density at radius 1 is 1.26 bits per heavy atom. The zero-order chi connectivity index (χ0) is 16.4. The van der Waals surface area contributed by atoms with E-state index in [-0.39, 0.29) is 18.2 Å². The molecule has 0 unspecified atom stereocenters. The fourth-order valence-electron chi connectivity index (χ4n) is 2.02. The third-order valence-corrected chi connectivity index (χ3v) is 3.30. The van der Waals surface area contributed by atoms with Crippen molar-refractivity contribution in [3.8, 4) is 11.5 Å². The van der Waals surface area contributed by atoms with Crippen LogP contribution in [0.15, 0.2) is 42.5 Å². The maximum absolute atomic E-state index is 11.3. The summed E-state index contributed by atoms with van der Waals surface area (Å²) in [4.78, 5) is 21.9. The van der Waals surface area contributed by atoms with E-state index >= 15 is 0 Å². The highest BCUT2D eigenvalue weighted by Gasteiger charge is 2.28. The Morgan fingerprint density at radius 3 is 2.61 bits per heavy atom. The lowest BCUT2D eigenvalue weighted by Gasteiger charge is -2.18. The number of nitrogens with one attached hydrogen (secondary N) is 1. The molecular formula is C14H10ClN3O5. The molecule has 0 saturated carbocycles. The van der Waals surface area contributed by atoms with E-state index in [1.165, 1.54) is 17.1 Å². The molecule has 0 bridgehead atoms. The Bertz CT molecular complexity index is 766. The number of halogens is 1. The molecule has 1 saturated heterocycles. The van der Waals surface area contributed by atoms with Crippen molar-refractivity contribution in [1.82, 2.24) is 5.43 Å². The van der Waals surface area contributed by atoms with Gasteiger partial charge in [-0.2, -0.15) is 0 Å². The van der Waals surface area contributed by atoms with Crippen molar-refractivity contribution in [2.24, 2.45) is 0 Å². The van der Waals surface area contributed by atoms with E-state index in [0.717, 1.165) is 0 Å². The molecule has 1 amide bonds. The number of benzene rings is 2. The van der Waals surface area contributed by atoms with Crippen LogP contribution in [0.25, 0.3) is 0 Å². The molecule has 2 aromatic rings. The van der Waals surface area contributed by atoms with Crippen molar-refractivity contribution in [3.05, 3.63) is 57.6 Å². The molecule has 1 aliphatic rings. The van der Waals surface area contributed by atoms with Gasteiger partial charge in [0.25, 0.3) is 0 Å². The average molecular weight is 336 g/mol. The molecule has 3 rings (SSSR count). The summed E-state index contributed by atoms with van der Waals surface area (Å²) in [6.45, 7) is -0.0863. The number of ether oxygens (including phenoxy) is 2. The molecule has 0 aliphatic carbocycles. The first kappa shape index (κ1) is 14.9. The van der Waals surface area contributed by atoms with Gasteiger partial charge in [-0.1, -0.05) is 17.7 Å². The predicted molar refractivity (Wildman–Crippen MR) is 81.6 cm³/mol. The molecule has 0 atom stereocenters. The van der Waals surface area contributed by atoms with Crippen LogP contribution in [0.3, 0.4) is 0 Å². The Hall–Kier alpha value is -3.00. The van der Waals surface area contributed by atoms with Crippen molar-refractivity contribution in [1.29, 1.82) is 0 Å². The summed E-state index contributed by atoms with van der Waals surface area (Å²) >= 11 is 5.81. The van der Waals surface area contributed by atoms with Crippen LogP contribution in [-0.2, 0) is 4.74 Å². The largest absolute Gasteiger partial charge is 0.448 e. The van der Waals surface area contributed by atoms with Crippen LogP contribution in [-0.4, -0.2) is 17.7 Å². The molecule has 1 aliphatic heterocycles. The van der Waals surface area contributed by atoms with Gasteiger partial charge in [-0.15, -0.1) is 0 Å². The lowest BCUT2D eigenvalue weighted by atomic mass is 10.2. The highest BCUT2D eigenvalue weighted by atomic mass is 35.5. The van der Waals surface area contributed by atoms with Gasteiger partial charge in [-0.05, 0) is 30.3 Å². The minimum atomic E-state index is -0.644. The van der Waals surface area contributed by atoms with E-state index in [9.17, 15) is 14.9 Å². The summed E-state index contributed by atoms with van der Waals surface area (Å²) in [7, 11) is 0. The summed E-state index contributed by atoms with van der Waals surface area (Å²) in [6.07, 6.45) is -0.644. The van der Waals surface area contributed by atoms with Crippen LogP contribution in [0, 0.1) is 10.1 Å². The zero-order valence-electron chi connectivity index (χ0n) is 11.6. The number of nitrogens with zero attached hydrogens (tertiary/aromatic N) is 2. The number of carbonyl (C=O) groups excluding carboxylic acids is 1. The first-order valence-corrected chi connectivity index (χ1v) is 6.84. The second-order valence-corrected chi connectivity index (χ2v) is 4.98. The summed E-state index contributed by atoms with van der Waals surface area (Å²) in [5.74, 6) is 0.363. The molecule has 0 radical (unpaired) electrons. The number of nitro benzene ring substituents is 1. The summed E-state index contributed by atoms with van der Waals surface area (Å²) in [5, 5.41) is 13.1. The van der Waals surface area contributed by atoms with E-state index in [1.54, 1.807) is 30.3 Å². The van der Waals surface area contributed by atoms with Gasteiger partial charge in [0, 0.05) is 11.1 Å².